The Morgan fingerprint density at radius 3 is 2.74 bits per heavy atom. The fourth-order valence-corrected chi connectivity index (χ4v) is 2.52. The molecule has 0 amide bonds. The predicted molar refractivity (Wildman–Crippen MR) is 82.6 cm³/mol. The maximum atomic E-state index is 5.71. The summed E-state index contributed by atoms with van der Waals surface area (Å²) in [7, 11) is 1.71. The molecule has 4 heteroatoms. The predicted octanol–water partition coefficient (Wildman–Crippen LogP) is 2.70. The summed E-state index contributed by atoms with van der Waals surface area (Å²) in [5.74, 6) is 0.918. The molecular formula is C15H22N2OS. The summed E-state index contributed by atoms with van der Waals surface area (Å²) in [5.41, 5.74) is 7.80. The first kappa shape index (κ1) is 14.3. The molecular weight excluding hydrogens is 256 g/mol. The van der Waals surface area contributed by atoms with Crippen LogP contribution >= 0.6 is 12.2 Å². The summed E-state index contributed by atoms with van der Waals surface area (Å²) < 4.78 is 5.45. The van der Waals surface area contributed by atoms with Gasteiger partial charge in [0.2, 0.25) is 0 Å². The summed E-state index contributed by atoms with van der Waals surface area (Å²) in [6.07, 6.45) is 3.81. The second-order valence-corrected chi connectivity index (χ2v) is 5.53. The molecule has 0 bridgehead atoms. The monoisotopic (exact) mass is 278 g/mol. The van der Waals surface area contributed by atoms with Gasteiger partial charge in [0.05, 0.1) is 7.11 Å². The number of ether oxygens (including phenoxy) is 1. The Morgan fingerprint density at radius 2 is 2.21 bits per heavy atom. The van der Waals surface area contributed by atoms with Crippen molar-refractivity contribution in [2.45, 2.75) is 38.8 Å². The van der Waals surface area contributed by atoms with Gasteiger partial charge in [-0.05, 0) is 44.0 Å². The van der Waals surface area contributed by atoms with Crippen molar-refractivity contribution in [1.29, 1.82) is 0 Å². The van der Waals surface area contributed by atoms with E-state index in [2.05, 4.69) is 17.9 Å². The van der Waals surface area contributed by atoms with Crippen LogP contribution in [0.3, 0.4) is 0 Å². The summed E-state index contributed by atoms with van der Waals surface area (Å²) in [4.78, 5) is 2.97. The Hall–Kier alpha value is -1.13. The van der Waals surface area contributed by atoms with Crippen LogP contribution in [0.2, 0.25) is 0 Å². The number of nitrogens with two attached hydrogens (primary N) is 1. The van der Waals surface area contributed by atoms with E-state index in [4.69, 9.17) is 22.7 Å². The zero-order chi connectivity index (χ0) is 13.8. The van der Waals surface area contributed by atoms with Crippen molar-refractivity contribution >= 4 is 17.2 Å². The quantitative estimate of drug-likeness (QED) is 0.778. The maximum absolute atomic E-state index is 5.71. The van der Waals surface area contributed by atoms with Crippen LogP contribution < -0.4 is 10.5 Å². The third-order valence-corrected chi connectivity index (χ3v) is 3.75. The molecule has 0 spiro atoms. The average Bonchev–Trinajstić information content (AvgIpc) is 3.22. The lowest BCUT2D eigenvalue weighted by atomic mass is 10.1. The van der Waals surface area contributed by atoms with E-state index < -0.39 is 0 Å². The lowest BCUT2D eigenvalue weighted by Gasteiger charge is -2.22. The molecule has 1 fully saturated rings. The van der Waals surface area contributed by atoms with Crippen LogP contribution in [0.4, 0.5) is 0 Å². The Bertz CT molecular complexity index is 457. The van der Waals surface area contributed by atoms with Gasteiger partial charge in [-0.3, -0.25) is 4.90 Å². The number of methoxy groups -OCH3 is 1. The molecule has 1 aliphatic carbocycles. The Labute approximate surface area is 120 Å². The summed E-state index contributed by atoms with van der Waals surface area (Å²) >= 11 is 5.05. The summed E-state index contributed by atoms with van der Waals surface area (Å²) in [6, 6.07) is 6.69. The molecule has 1 aromatic rings. The van der Waals surface area contributed by atoms with E-state index in [1.165, 1.54) is 24.8 Å². The van der Waals surface area contributed by atoms with Gasteiger partial charge in [-0.1, -0.05) is 19.1 Å². The van der Waals surface area contributed by atoms with Gasteiger partial charge in [0.1, 0.15) is 10.7 Å². The third kappa shape index (κ3) is 3.67. The first-order valence-corrected chi connectivity index (χ1v) is 7.27. The van der Waals surface area contributed by atoms with E-state index in [9.17, 15) is 0 Å². The third-order valence-electron chi connectivity index (χ3n) is 3.51. The van der Waals surface area contributed by atoms with Crippen LogP contribution in [0.5, 0.6) is 5.75 Å². The number of rotatable bonds is 7. The summed E-state index contributed by atoms with van der Waals surface area (Å²) in [5, 5.41) is 0. The van der Waals surface area contributed by atoms with E-state index >= 15 is 0 Å². The van der Waals surface area contributed by atoms with Gasteiger partial charge in [0, 0.05) is 23.7 Å². The van der Waals surface area contributed by atoms with Crippen molar-refractivity contribution in [2.24, 2.45) is 5.73 Å². The van der Waals surface area contributed by atoms with Crippen LogP contribution in [0.15, 0.2) is 18.2 Å². The molecule has 0 atom stereocenters. The van der Waals surface area contributed by atoms with Crippen molar-refractivity contribution in [2.75, 3.05) is 13.7 Å². The molecule has 0 aliphatic heterocycles. The largest absolute Gasteiger partial charge is 0.496 e. The van der Waals surface area contributed by atoms with E-state index in [1.54, 1.807) is 7.11 Å². The molecule has 19 heavy (non-hydrogen) atoms. The Balaban J connectivity index is 2.20. The van der Waals surface area contributed by atoms with Crippen molar-refractivity contribution in [1.82, 2.24) is 4.90 Å². The van der Waals surface area contributed by atoms with E-state index in [0.717, 1.165) is 30.4 Å². The molecule has 3 nitrogen and oxygen atoms in total. The highest BCUT2D eigenvalue weighted by atomic mass is 32.1. The van der Waals surface area contributed by atoms with Gasteiger partial charge in [0.25, 0.3) is 0 Å². The zero-order valence-corrected chi connectivity index (χ0v) is 12.5. The normalized spacial score (nSPS) is 14.7. The maximum Gasteiger partial charge on any atom is 0.123 e. The number of benzene rings is 1. The van der Waals surface area contributed by atoms with Crippen LogP contribution in [0, 0.1) is 0 Å². The Kier molecular flexibility index (Phi) is 4.77. The molecule has 104 valence electrons. The van der Waals surface area contributed by atoms with E-state index in [1.807, 2.05) is 12.1 Å². The van der Waals surface area contributed by atoms with Gasteiger partial charge in [-0.15, -0.1) is 0 Å². The van der Waals surface area contributed by atoms with Gasteiger partial charge < -0.3 is 10.5 Å². The topological polar surface area (TPSA) is 38.5 Å². The summed E-state index contributed by atoms with van der Waals surface area (Å²) in [6.45, 7) is 4.27. The van der Waals surface area contributed by atoms with Crippen molar-refractivity contribution in [3.05, 3.63) is 29.3 Å². The van der Waals surface area contributed by atoms with Crippen LogP contribution in [0.1, 0.15) is 37.3 Å². The number of nitrogens with zero attached hydrogens (tertiary/aromatic N) is 1. The van der Waals surface area contributed by atoms with E-state index in [0.29, 0.717) is 4.99 Å². The van der Waals surface area contributed by atoms with Crippen LogP contribution in [0.25, 0.3) is 0 Å². The smallest absolute Gasteiger partial charge is 0.123 e. The number of hydrogen-bond donors (Lipinski definition) is 1. The SMILES string of the molecule is CCCN(Cc1cc(C(N)=S)ccc1OC)C1CC1. The second kappa shape index (κ2) is 6.35. The lowest BCUT2D eigenvalue weighted by molar-refractivity contribution is 0.251. The molecule has 1 aliphatic rings. The van der Waals surface area contributed by atoms with Gasteiger partial charge in [-0.2, -0.15) is 0 Å². The Morgan fingerprint density at radius 1 is 1.47 bits per heavy atom. The van der Waals surface area contributed by atoms with Gasteiger partial charge >= 0.3 is 0 Å². The molecule has 1 saturated carbocycles. The van der Waals surface area contributed by atoms with Gasteiger partial charge in [-0.25, -0.2) is 0 Å². The molecule has 0 aromatic heterocycles. The molecule has 1 aromatic carbocycles. The molecule has 2 N–H and O–H groups in total. The van der Waals surface area contributed by atoms with E-state index in [-0.39, 0.29) is 0 Å². The minimum atomic E-state index is 0.442. The first-order valence-electron chi connectivity index (χ1n) is 6.86. The molecule has 0 radical (unpaired) electrons. The minimum Gasteiger partial charge on any atom is -0.496 e. The molecule has 2 rings (SSSR count). The number of hydrogen-bond acceptors (Lipinski definition) is 3. The number of thiocarbonyl (C=S) groups is 1. The first-order chi connectivity index (χ1) is 9.15. The van der Waals surface area contributed by atoms with Crippen molar-refractivity contribution in [3.63, 3.8) is 0 Å². The minimum absolute atomic E-state index is 0.442. The van der Waals surface area contributed by atoms with Crippen molar-refractivity contribution in [3.8, 4) is 5.75 Å². The average molecular weight is 278 g/mol. The van der Waals surface area contributed by atoms with Crippen LogP contribution in [-0.2, 0) is 6.54 Å². The highest BCUT2D eigenvalue weighted by molar-refractivity contribution is 7.80. The fourth-order valence-electron chi connectivity index (χ4n) is 2.39. The molecule has 0 heterocycles. The van der Waals surface area contributed by atoms with Crippen LogP contribution in [-0.4, -0.2) is 29.6 Å². The van der Waals surface area contributed by atoms with Gasteiger partial charge in [0.15, 0.2) is 0 Å². The second-order valence-electron chi connectivity index (χ2n) is 5.09. The molecule has 0 unspecified atom stereocenters. The highest BCUT2D eigenvalue weighted by Crippen LogP contribution is 2.30. The lowest BCUT2D eigenvalue weighted by Crippen LogP contribution is -2.26. The zero-order valence-electron chi connectivity index (χ0n) is 11.7. The highest BCUT2D eigenvalue weighted by Gasteiger charge is 2.28. The standard InChI is InChI=1S/C15H22N2OS/c1-3-8-17(13-5-6-13)10-12-9-11(15(16)19)4-7-14(12)18-2/h4,7,9,13H,3,5-6,8,10H2,1-2H3,(H2,16,19). The molecule has 0 saturated heterocycles. The fraction of sp³-hybridized carbons (Fsp3) is 0.533. The van der Waals surface area contributed by atoms with Crippen molar-refractivity contribution < 1.29 is 4.74 Å².